The lowest BCUT2D eigenvalue weighted by Gasteiger charge is -2.36. The standard InChI is InChI=1S/C14H21N5O2/c1-4-20-11-7-5-10(6-8-11)9-21-19-13(16)17-12(15)18-14(19,2)3/h5-8H,4,9H2,1-3H3,(H4,15,16,17,18). The Morgan fingerprint density at radius 1 is 1.19 bits per heavy atom. The third-order valence-electron chi connectivity index (χ3n) is 2.92. The fourth-order valence-electron chi connectivity index (χ4n) is 2.01. The molecule has 7 heteroatoms. The minimum Gasteiger partial charge on any atom is -0.494 e. The quantitative estimate of drug-likeness (QED) is 0.849. The Balaban J connectivity index is 2.01. The molecule has 2 rings (SSSR count). The van der Waals surface area contributed by atoms with Crippen LogP contribution in [-0.2, 0) is 11.4 Å². The number of ether oxygens (including phenoxy) is 1. The number of aliphatic imine (C=N–C) groups is 2. The summed E-state index contributed by atoms with van der Waals surface area (Å²) in [5, 5.41) is 1.46. The number of rotatable bonds is 5. The van der Waals surface area contributed by atoms with Crippen LogP contribution in [0.25, 0.3) is 0 Å². The summed E-state index contributed by atoms with van der Waals surface area (Å²) in [5.74, 6) is 1.18. The highest BCUT2D eigenvalue weighted by atomic mass is 16.7. The summed E-state index contributed by atoms with van der Waals surface area (Å²) >= 11 is 0. The molecule has 1 heterocycles. The second kappa shape index (κ2) is 6.01. The Labute approximate surface area is 124 Å². The molecule has 0 saturated carbocycles. The molecule has 0 aliphatic carbocycles. The number of hydroxylamine groups is 2. The Morgan fingerprint density at radius 3 is 2.43 bits per heavy atom. The molecule has 1 aliphatic heterocycles. The maximum absolute atomic E-state index is 5.84. The minimum absolute atomic E-state index is 0.151. The molecule has 7 nitrogen and oxygen atoms in total. The van der Waals surface area contributed by atoms with Crippen molar-refractivity contribution in [2.24, 2.45) is 21.5 Å². The van der Waals surface area contributed by atoms with Gasteiger partial charge in [-0.05, 0) is 38.5 Å². The van der Waals surface area contributed by atoms with Crippen molar-refractivity contribution < 1.29 is 9.57 Å². The Bertz CT molecular complexity index is 551. The average molecular weight is 291 g/mol. The van der Waals surface area contributed by atoms with Gasteiger partial charge in [0.1, 0.15) is 12.4 Å². The number of hydrogen-bond donors (Lipinski definition) is 2. The molecule has 0 bridgehead atoms. The van der Waals surface area contributed by atoms with E-state index in [1.807, 2.05) is 45.0 Å². The van der Waals surface area contributed by atoms with E-state index >= 15 is 0 Å². The van der Waals surface area contributed by atoms with E-state index in [0.29, 0.717) is 13.2 Å². The number of hydrogen-bond acceptors (Lipinski definition) is 7. The highest BCUT2D eigenvalue weighted by molar-refractivity contribution is 5.95. The number of benzene rings is 1. The second-order valence-corrected chi connectivity index (χ2v) is 5.08. The van der Waals surface area contributed by atoms with Crippen LogP contribution in [0.3, 0.4) is 0 Å². The Kier molecular flexibility index (Phi) is 4.32. The fourth-order valence-corrected chi connectivity index (χ4v) is 2.01. The third-order valence-corrected chi connectivity index (χ3v) is 2.92. The van der Waals surface area contributed by atoms with Crippen molar-refractivity contribution >= 4 is 11.9 Å². The first-order valence-electron chi connectivity index (χ1n) is 6.77. The molecular weight excluding hydrogens is 270 g/mol. The van der Waals surface area contributed by atoms with Crippen LogP contribution in [0, 0.1) is 0 Å². The van der Waals surface area contributed by atoms with Gasteiger partial charge in [-0.25, -0.2) is 4.99 Å². The van der Waals surface area contributed by atoms with Crippen molar-refractivity contribution in [1.82, 2.24) is 5.06 Å². The van der Waals surface area contributed by atoms with E-state index in [0.717, 1.165) is 11.3 Å². The van der Waals surface area contributed by atoms with Gasteiger partial charge in [0.25, 0.3) is 0 Å². The van der Waals surface area contributed by atoms with Gasteiger partial charge in [-0.2, -0.15) is 10.1 Å². The molecule has 114 valence electrons. The van der Waals surface area contributed by atoms with E-state index in [9.17, 15) is 0 Å². The maximum Gasteiger partial charge on any atom is 0.226 e. The number of nitrogens with two attached hydrogens (primary N) is 2. The largest absolute Gasteiger partial charge is 0.494 e. The van der Waals surface area contributed by atoms with Crippen molar-refractivity contribution in [3.63, 3.8) is 0 Å². The van der Waals surface area contributed by atoms with Crippen LogP contribution in [0.15, 0.2) is 34.3 Å². The van der Waals surface area contributed by atoms with Crippen molar-refractivity contribution in [2.45, 2.75) is 33.0 Å². The molecule has 0 radical (unpaired) electrons. The smallest absolute Gasteiger partial charge is 0.226 e. The molecule has 1 aliphatic rings. The predicted octanol–water partition coefficient (Wildman–Crippen LogP) is 1.20. The summed E-state index contributed by atoms with van der Waals surface area (Å²) in [6.07, 6.45) is 0. The topological polar surface area (TPSA) is 98.5 Å². The maximum atomic E-state index is 5.84. The van der Waals surface area contributed by atoms with E-state index in [2.05, 4.69) is 9.98 Å². The average Bonchev–Trinajstić information content (AvgIpc) is 2.38. The molecule has 0 unspecified atom stereocenters. The van der Waals surface area contributed by atoms with Gasteiger partial charge in [-0.15, -0.1) is 0 Å². The zero-order chi connectivity index (χ0) is 15.5. The minimum atomic E-state index is -0.693. The molecule has 0 saturated heterocycles. The molecule has 21 heavy (non-hydrogen) atoms. The summed E-state index contributed by atoms with van der Waals surface area (Å²) in [7, 11) is 0. The van der Waals surface area contributed by atoms with Crippen LogP contribution >= 0.6 is 0 Å². The SMILES string of the molecule is CCOc1ccc(CON2C(N)=NC(N)=NC2(C)C)cc1. The lowest BCUT2D eigenvalue weighted by atomic mass is 10.2. The lowest BCUT2D eigenvalue weighted by Crippen LogP contribution is -2.53. The summed E-state index contributed by atoms with van der Waals surface area (Å²) < 4.78 is 5.40. The van der Waals surface area contributed by atoms with Crippen molar-refractivity contribution in [3.8, 4) is 5.75 Å². The molecule has 0 amide bonds. The normalized spacial score (nSPS) is 17.2. The van der Waals surface area contributed by atoms with E-state index in [1.54, 1.807) is 0 Å². The molecular formula is C14H21N5O2. The molecule has 0 fully saturated rings. The first kappa shape index (κ1) is 15.1. The Morgan fingerprint density at radius 2 is 1.86 bits per heavy atom. The molecule has 4 N–H and O–H groups in total. The summed E-state index contributed by atoms with van der Waals surface area (Å²) in [6, 6.07) is 7.67. The van der Waals surface area contributed by atoms with Gasteiger partial charge < -0.3 is 16.2 Å². The third kappa shape index (κ3) is 3.63. The van der Waals surface area contributed by atoms with Gasteiger partial charge >= 0.3 is 0 Å². The van der Waals surface area contributed by atoms with Crippen LogP contribution in [0.2, 0.25) is 0 Å². The van der Waals surface area contributed by atoms with E-state index in [-0.39, 0.29) is 11.9 Å². The predicted molar refractivity (Wildman–Crippen MR) is 81.6 cm³/mol. The van der Waals surface area contributed by atoms with Crippen LogP contribution in [0.1, 0.15) is 26.3 Å². The van der Waals surface area contributed by atoms with Crippen molar-refractivity contribution in [2.75, 3.05) is 6.61 Å². The summed E-state index contributed by atoms with van der Waals surface area (Å²) in [6.45, 7) is 6.63. The van der Waals surface area contributed by atoms with Gasteiger partial charge in [-0.1, -0.05) is 12.1 Å². The van der Waals surface area contributed by atoms with Crippen molar-refractivity contribution in [1.29, 1.82) is 0 Å². The first-order chi connectivity index (χ1) is 9.92. The monoisotopic (exact) mass is 291 g/mol. The van der Waals surface area contributed by atoms with Crippen LogP contribution in [-0.4, -0.2) is 29.3 Å². The summed E-state index contributed by atoms with van der Waals surface area (Å²) in [5.41, 5.74) is 11.7. The molecule has 1 aromatic carbocycles. The van der Waals surface area contributed by atoms with Gasteiger partial charge in [-0.3, -0.25) is 4.84 Å². The first-order valence-corrected chi connectivity index (χ1v) is 6.77. The van der Waals surface area contributed by atoms with Crippen LogP contribution < -0.4 is 16.2 Å². The summed E-state index contributed by atoms with van der Waals surface area (Å²) in [4.78, 5) is 13.8. The van der Waals surface area contributed by atoms with Gasteiger partial charge in [0.2, 0.25) is 11.9 Å². The molecule has 1 aromatic rings. The van der Waals surface area contributed by atoms with Crippen LogP contribution in [0.4, 0.5) is 0 Å². The Hall–Kier alpha value is -2.28. The van der Waals surface area contributed by atoms with Gasteiger partial charge in [0.05, 0.1) is 6.61 Å². The fraction of sp³-hybridized carbons (Fsp3) is 0.429. The van der Waals surface area contributed by atoms with Crippen molar-refractivity contribution in [3.05, 3.63) is 29.8 Å². The lowest BCUT2D eigenvalue weighted by molar-refractivity contribution is -0.166. The second-order valence-electron chi connectivity index (χ2n) is 5.08. The zero-order valence-corrected chi connectivity index (χ0v) is 12.5. The van der Waals surface area contributed by atoms with Crippen LogP contribution in [0.5, 0.6) is 5.75 Å². The van der Waals surface area contributed by atoms with E-state index in [1.165, 1.54) is 5.06 Å². The molecule has 0 atom stereocenters. The molecule has 0 aromatic heterocycles. The van der Waals surface area contributed by atoms with E-state index in [4.69, 9.17) is 21.0 Å². The highest BCUT2D eigenvalue weighted by Crippen LogP contribution is 2.21. The van der Waals surface area contributed by atoms with Gasteiger partial charge in [0.15, 0.2) is 5.66 Å². The number of guanidine groups is 2. The zero-order valence-electron chi connectivity index (χ0n) is 12.5. The highest BCUT2D eigenvalue weighted by Gasteiger charge is 2.33. The van der Waals surface area contributed by atoms with Gasteiger partial charge in [0, 0.05) is 0 Å². The number of nitrogens with zero attached hydrogens (tertiary/aromatic N) is 3. The molecule has 0 spiro atoms. The van der Waals surface area contributed by atoms with E-state index < -0.39 is 5.66 Å².